The Morgan fingerprint density at radius 3 is 2.55 bits per heavy atom. The van der Waals surface area contributed by atoms with Crippen LogP contribution in [0.25, 0.3) is 5.69 Å². The molecule has 1 heterocycles. The van der Waals surface area contributed by atoms with E-state index in [1.165, 1.54) is 0 Å². The molecule has 1 atom stereocenters. The summed E-state index contributed by atoms with van der Waals surface area (Å²) in [6, 6.07) is 10.0. The van der Waals surface area contributed by atoms with Crippen LogP contribution in [0.5, 0.6) is 0 Å². The molecule has 0 fully saturated rings. The predicted molar refractivity (Wildman–Crippen MR) is 79.7 cm³/mol. The Morgan fingerprint density at radius 1 is 1.25 bits per heavy atom. The lowest BCUT2D eigenvalue weighted by Crippen LogP contribution is -2.37. The molecule has 5 nitrogen and oxygen atoms in total. The predicted octanol–water partition coefficient (Wildman–Crippen LogP) is 2.09. The number of hydrogen-bond donors (Lipinski definition) is 1. The fourth-order valence-electron chi connectivity index (χ4n) is 2.32. The van der Waals surface area contributed by atoms with Crippen LogP contribution in [0, 0.1) is 11.3 Å². The van der Waals surface area contributed by atoms with Crippen LogP contribution in [0.15, 0.2) is 30.3 Å². The summed E-state index contributed by atoms with van der Waals surface area (Å²) in [5, 5.41) is 15.5. The van der Waals surface area contributed by atoms with Gasteiger partial charge in [-0.25, -0.2) is 0 Å². The van der Waals surface area contributed by atoms with Gasteiger partial charge in [0.2, 0.25) is 0 Å². The molecule has 0 aliphatic rings. The van der Waals surface area contributed by atoms with Gasteiger partial charge >= 0.3 is 0 Å². The topological polar surface area (TPSA) is 55.6 Å². The summed E-state index contributed by atoms with van der Waals surface area (Å²) < 4.78 is 1.83. The monoisotopic (exact) mass is 273 g/mol. The quantitative estimate of drug-likeness (QED) is 0.875. The van der Waals surface area contributed by atoms with Gasteiger partial charge in [0.1, 0.15) is 0 Å². The van der Waals surface area contributed by atoms with Gasteiger partial charge in [0, 0.05) is 13.0 Å². The Morgan fingerprint density at radius 2 is 1.95 bits per heavy atom. The van der Waals surface area contributed by atoms with E-state index in [-0.39, 0.29) is 5.41 Å². The fraction of sp³-hybridized carbons (Fsp3) is 0.533. The van der Waals surface area contributed by atoms with Gasteiger partial charge in [0.25, 0.3) is 0 Å². The molecule has 1 aromatic heterocycles. The average molecular weight is 273 g/mol. The first-order valence-electron chi connectivity index (χ1n) is 7.04. The number of aromatic nitrogens is 4. The van der Waals surface area contributed by atoms with Crippen LogP contribution in [0.3, 0.4) is 0 Å². The van der Waals surface area contributed by atoms with Crippen LogP contribution < -0.4 is 5.32 Å². The third-order valence-electron chi connectivity index (χ3n) is 4.07. The molecule has 1 N–H and O–H groups in total. The van der Waals surface area contributed by atoms with Crippen LogP contribution in [-0.2, 0) is 6.42 Å². The van der Waals surface area contributed by atoms with Crippen molar-refractivity contribution in [1.29, 1.82) is 0 Å². The van der Waals surface area contributed by atoms with Crippen molar-refractivity contribution >= 4 is 0 Å². The average Bonchev–Trinajstić information content (AvgIpc) is 2.87. The highest BCUT2D eigenvalue weighted by Crippen LogP contribution is 2.30. The zero-order chi connectivity index (χ0) is 14.6. The van der Waals surface area contributed by atoms with Crippen molar-refractivity contribution in [1.82, 2.24) is 25.5 Å². The van der Waals surface area contributed by atoms with Crippen LogP contribution in [-0.4, -0.2) is 33.8 Å². The lowest BCUT2D eigenvalue weighted by atomic mass is 9.76. The summed E-state index contributed by atoms with van der Waals surface area (Å²) >= 11 is 0. The lowest BCUT2D eigenvalue weighted by molar-refractivity contribution is 0.207. The summed E-state index contributed by atoms with van der Waals surface area (Å²) in [4.78, 5) is 0. The molecule has 1 unspecified atom stereocenters. The summed E-state index contributed by atoms with van der Waals surface area (Å²) in [6.07, 6.45) is 0.841. The van der Waals surface area contributed by atoms with E-state index in [0.717, 1.165) is 24.5 Å². The zero-order valence-corrected chi connectivity index (χ0v) is 12.7. The van der Waals surface area contributed by atoms with E-state index in [4.69, 9.17) is 0 Å². The molecule has 2 rings (SSSR count). The number of nitrogens with one attached hydrogen (secondary N) is 1. The van der Waals surface area contributed by atoms with E-state index >= 15 is 0 Å². The minimum atomic E-state index is 0.121. The van der Waals surface area contributed by atoms with E-state index in [0.29, 0.717) is 5.92 Å². The molecule has 0 bridgehead atoms. The molecular weight excluding hydrogens is 250 g/mol. The Balaban J connectivity index is 2.29. The molecule has 1 aromatic carbocycles. The highest BCUT2D eigenvalue weighted by molar-refractivity contribution is 5.30. The van der Waals surface area contributed by atoms with Crippen molar-refractivity contribution in [2.24, 2.45) is 11.3 Å². The van der Waals surface area contributed by atoms with Crippen molar-refractivity contribution in [2.45, 2.75) is 27.2 Å². The van der Waals surface area contributed by atoms with Crippen LogP contribution >= 0.6 is 0 Å². The van der Waals surface area contributed by atoms with Gasteiger partial charge in [-0.15, -0.1) is 5.10 Å². The normalized spacial score (nSPS) is 14.4. The number of tetrazole rings is 1. The van der Waals surface area contributed by atoms with Crippen molar-refractivity contribution in [3.63, 3.8) is 0 Å². The second kappa shape index (κ2) is 6.13. The van der Waals surface area contributed by atoms with Crippen molar-refractivity contribution in [3.8, 4) is 5.69 Å². The second-order valence-corrected chi connectivity index (χ2v) is 5.86. The standard InChI is InChI=1S/C15H23N5/c1-12(2)15(3,11-16-4)10-14-17-18-19-20(14)13-8-6-5-7-9-13/h5-9,12,16H,10-11H2,1-4H3. The van der Waals surface area contributed by atoms with Crippen molar-refractivity contribution in [2.75, 3.05) is 13.6 Å². The van der Waals surface area contributed by atoms with Gasteiger partial charge in [0.15, 0.2) is 5.82 Å². The second-order valence-electron chi connectivity index (χ2n) is 5.86. The minimum absolute atomic E-state index is 0.121. The largest absolute Gasteiger partial charge is 0.319 e. The van der Waals surface area contributed by atoms with E-state index in [1.807, 2.05) is 42.1 Å². The van der Waals surface area contributed by atoms with E-state index in [9.17, 15) is 0 Å². The van der Waals surface area contributed by atoms with Gasteiger partial charge in [-0.05, 0) is 40.9 Å². The summed E-state index contributed by atoms with van der Waals surface area (Å²) in [5.41, 5.74) is 1.12. The third kappa shape index (κ3) is 3.04. The number of para-hydroxylation sites is 1. The maximum absolute atomic E-state index is 4.22. The molecule has 0 spiro atoms. The molecule has 0 saturated carbocycles. The Bertz CT molecular complexity index is 534. The Hall–Kier alpha value is -1.75. The molecule has 0 aliphatic carbocycles. The number of hydrogen-bond acceptors (Lipinski definition) is 4. The molecular formula is C15H23N5. The van der Waals surface area contributed by atoms with Crippen molar-refractivity contribution in [3.05, 3.63) is 36.2 Å². The summed E-state index contributed by atoms with van der Waals surface area (Å²) in [7, 11) is 1.99. The molecule has 0 amide bonds. The van der Waals surface area contributed by atoms with E-state index in [2.05, 4.69) is 41.6 Å². The zero-order valence-electron chi connectivity index (χ0n) is 12.7. The lowest BCUT2D eigenvalue weighted by Gasteiger charge is -2.33. The molecule has 2 aromatic rings. The van der Waals surface area contributed by atoms with Gasteiger partial charge in [-0.1, -0.05) is 39.0 Å². The van der Waals surface area contributed by atoms with E-state index < -0.39 is 0 Å². The van der Waals surface area contributed by atoms with Gasteiger partial charge in [-0.3, -0.25) is 0 Å². The van der Waals surface area contributed by atoms with Gasteiger partial charge in [0.05, 0.1) is 5.69 Å². The SMILES string of the molecule is CNCC(C)(Cc1nnnn1-c1ccccc1)C(C)C. The first-order valence-corrected chi connectivity index (χ1v) is 7.04. The Labute approximate surface area is 120 Å². The fourth-order valence-corrected chi connectivity index (χ4v) is 2.32. The molecule has 0 radical (unpaired) electrons. The Kier molecular flexibility index (Phi) is 4.49. The number of benzene rings is 1. The summed E-state index contributed by atoms with van der Waals surface area (Å²) in [6.45, 7) is 7.70. The maximum Gasteiger partial charge on any atom is 0.157 e. The molecule has 0 saturated heterocycles. The smallest absolute Gasteiger partial charge is 0.157 e. The maximum atomic E-state index is 4.22. The van der Waals surface area contributed by atoms with Crippen LogP contribution in [0.4, 0.5) is 0 Å². The first kappa shape index (κ1) is 14.7. The van der Waals surface area contributed by atoms with Crippen molar-refractivity contribution < 1.29 is 0 Å². The molecule has 20 heavy (non-hydrogen) atoms. The third-order valence-corrected chi connectivity index (χ3v) is 4.07. The highest BCUT2D eigenvalue weighted by Gasteiger charge is 2.30. The first-order chi connectivity index (χ1) is 9.57. The highest BCUT2D eigenvalue weighted by atomic mass is 15.5. The van der Waals surface area contributed by atoms with E-state index in [1.54, 1.807) is 0 Å². The number of nitrogens with zero attached hydrogens (tertiary/aromatic N) is 4. The molecule has 108 valence electrons. The molecule has 5 heteroatoms. The molecule has 0 aliphatic heterocycles. The minimum Gasteiger partial charge on any atom is -0.319 e. The summed E-state index contributed by atoms with van der Waals surface area (Å²) in [5.74, 6) is 1.44. The number of rotatable bonds is 6. The van der Waals surface area contributed by atoms with Crippen LogP contribution in [0.2, 0.25) is 0 Å². The van der Waals surface area contributed by atoms with Gasteiger partial charge < -0.3 is 5.32 Å². The van der Waals surface area contributed by atoms with Gasteiger partial charge in [-0.2, -0.15) is 4.68 Å². The van der Waals surface area contributed by atoms with Crippen LogP contribution in [0.1, 0.15) is 26.6 Å².